The van der Waals surface area contributed by atoms with Crippen LogP contribution in [0.1, 0.15) is 36.0 Å². The van der Waals surface area contributed by atoms with Gasteiger partial charge in [0, 0.05) is 30.6 Å². The van der Waals surface area contributed by atoms with E-state index in [0.717, 1.165) is 61.4 Å². The van der Waals surface area contributed by atoms with Gasteiger partial charge < -0.3 is 0 Å². The van der Waals surface area contributed by atoms with E-state index in [1.165, 1.54) is 5.56 Å². The van der Waals surface area contributed by atoms with Crippen LogP contribution in [0.3, 0.4) is 0 Å². The Morgan fingerprint density at radius 1 is 1.22 bits per heavy atom. The second-order valence-corrected chi connectivity index (χ2v) is 9.71. The molecule has 1 aromatic carbocycles. The van der Waals surface area contributed by atoms with Crippen molar-refractivity contribution in [1.29, 1.82) is 0 Å². The van der Waals surface area contributed by atoms with Crippen molar-refractivity contribution in [1.82, 2.24) is 24.6 Å². The lowest BCUT2D eigenvalue weighted by Crippen LogP contribution is -2.61. The first kappa shape index (κ1) is 17.6. The van der Waals surface area contributed by atoms with E-state index in [1.54, 1.807) is 0 Å². The number of aromatic nitrogens is 3. The number of thiol groups is 1. The molecule has 0 amide bonds. The van der Waals surface area contributed by atoms with Gasteiger partial charge in [-0.1, -0.05) is 11.6 Å². The molecule has 144 valence electrons. The Morgan fingerprint density at radius 2 is 2.00 bits per heavy atom. The van der Waals surface area contributed by atoms with Gasteiger partial charge in [0.05, 0.1) is 18.1 Å². The van der Waals surface area contributed by atoms with Crippen LogP contribution >= 0.6 is 11.6 Å². The lowest BCUT2D eigenvalue weighted by atomic mass is 9.57. The van der Waals surface area contributed by atoms with Gasteiger partial charge in [-0.3, -0.25) is 14.4 Å². The van der Waals surface area contributed by atoms with E-state index in [4.69, 9.17) is 11.6 Å². The van der Waals surface area contributed by atoms with E-state index in [1.807, 2.05) is 17.0 Å². The minimum Gasteiger partial charge on any atom is -0.295 e. The molecule has 1 spiro atoms. The second kappa shape index (κ2) is 6.27. The molecule has 1 saturated heterocycles. The summed E-state index contributed by atoms with van der Waals surface area (Å²) < 4.78 is 24.0. The zero-order chi connectivity index (χ0) is 18.8. The van der Waals surface area contributed by atoms with Crippen LogP contribution in [-0.2, 0) is 23.8 Å². The first-order chi connectivity index (χ1) is 12.9. The van der Waals surface area contributed by atoms with Crippen LogP contribution < -0.4 is 0 Å². The van der Waals surface area contributed by atoms with Crippen LogP contribution in [0.15, 0.2) is 18.2 Å². The van der Waals surface area contributed by atoms with Crippen LogP contribution in [0, 0.1) is 5.41 Å². The van der Waals surface area contributed by atoms with E-state index >= 15 is 0 Å². The van der Waals surface area contributed by atoms with Crippen molar-refractivity contribution in [2.75, 3.05) is 26.0 Å². The van der Waals surface area contributed by atoms with Crippen LogP contribution in [-0.4, -0.2) is 59.0 Å². The maximum Gasteiger partial charge on any atom is 0.153 e. The van der Waals surface area contributed by atoms with Crippen molar-refractivity contribution in [2.45, 2.75) is 31.8 Å². The zero-order valence-corrected chi connectivity index (χ0v) is 16.8. The average molecular weight is 408 g/mol. The van der Waals surface area contributed by atoms with Gasteiger partial charge in [-0.2, -0.15) is 0 Å². The molecule has 1 aromatic heterocycles. The van der Waals surface area contributed by atoms with Crippen LogP contribution in [0.5, 0.6) is 0 Å². The van der Waals surface area contributed by atoms with E-state index in [0.29, 0.717) is 5.92 Å². The first-order valence-corrected chi connectivity index (χ1v) is 10.9. The van der Waals surface area contributed by atoms with E-state index in [9.17, 15) is 8.42 Å². The summed E-state index contributed by atoms with van der Waals surface area (Å²) in [4.78, 5) is 4.24. The molecule has 0 unspecified atom stereocenters. The molecular weight excluding hydrogens is 386 g/mol. The molecule has 0 N–H and O–H groups in total. The Labute approximate surface area is 164 Å². The molecule has 0 radical (unpaired) electrons. The van der Waals surface area contributed by atoms with Crippen molar-refractivity contribution in [3.8, 4) is 5.69 Å². The van der Waals surface area contributed by atoms with E-state index in [-0.39, 0.29) is 11.3 Å². The van der Waals surface area contributed by atoms with Crippen LogP contribution in [0.4, 0.5) is 0 Å². The molecule has 5 rings (SSSR count). The van der Waals surface area contributed by atoms with E-state index in [2.05, 4.69) is 32.8 Å². The summed E-state index contributed by atoms with van der Waals surface area (Å²) in [6.07, 6.45) is 2.10. The molecule has 1 aliphatic carbocycles. The van der Waals surface area contributed by atoms with Crippen molar-refractivity contribution in [2.24, 2.45) is 5.41 Å². The number of nitrogens with zero attached hydrogens (tertiary/aromatic N) is 5. The average Bonchev–Trinajstić information content (AvgIpc) is 2.85. The number of halogens is 1. The highest BCUT2D eigenvalue weighted by molar-refractivity contribution is 7.72. The Hall–Kier alpha value is -1.48. The van der Waals surface area contributed by atoms with Crippen LogP contribution in [0.2, 0.25) is 5.02 Å². The molecule has 2 aromatic rings. The predicted octanol–water partition coefficient (Wildman–Crippen LogP) is 1.61. The maximum atomic E-state index is 10.9. The third-order valence-electron chi connectivity index (χ3n) is 6.05. The largest absolute Gasteiger partial charge is 0.295 e. The van der Waals surface area contributed by atoms with Crippen molar-refractivity contribution in [3.63, 3.8) is 0 Å². The summed E-state index contributed by atoms with van der Waals surface area (Å²) in [6.45, 7) is 3.34. The molecule has 1 saturated carbocycles. The normalized spacial score (nSPS) is 22.2. The highest BCUT2D eigenvalue weighted by Crippen LogP contribution is 2.56. The Morgan fingerprint density at radius 3 is 2.74 bits per heavy atom. The van der Waals surface area contributed by atoms with Crippen molar-refractivity contribution in [3.05, 3.63) is 40.4 Å². The first-order valence-electron chi connectivity index (χ1n) is 9.18. The molecule has 3 heterocycles. The van der Waals surface area contributed by atoms with Crippen LogP contribution in [0.25, 0.3) is 5.69 Å². The zero-order valence-electron chi connectivity index (χ0n) is 15.1. The minimum atomic E-state index is -2.33. The summed E-state index contributed by atoms with van der Waals surface area (Å²) in [5.41, 5.74) is 2.58. The lowest BCUT2D eigenvalue weighted by Gasteiger charge is -2.58. The van der Waals surface area contributed by atoms with Gasteiger partial charge in [0.2, 0.25) is 0 Å². The lowest BCUT2D eigenvalue weighted by molar-refractivity contribution is -0.0648. The number of hydrogen-bond donors (Lipinski definition) is 1. The SMILES string of the molecule is CN1Cc2cc(Cl)ccc2-n2c(nnc2C2CC3(C2)CN(C[SH](=O)=O)C3)C1. The molecule has 2 aliphatic heterocycles. The number of benzene rings is 1. The summed E-state index contributed by atoms with van der Waals surface area (Å²) in [5, 5.41) is 9.78. The third-order valence-corrected chi connectivity index (χ3v) is 6.91. The predicted molar refractivity (Wildman–Crippen MR) is 103 cm³/mol. The quantitative estimate of drug-likeness (QED) is 0.779. The molecule has 0 bridgehead atoms. The van der Waals surface area contributed by atoms with Gasteiger partial charge in [0.25, 0.3) is 0 Å². The summed E-state index contributed by atoms with van der Waals surface area (Å²) in [6, 6.07) is 6.02. The number of rotatable bonds is 3. The smallest absolute Gasteiger partial charge is 0.153 e. The van der Waals surface area contributed by atoms with Gasteiger partial charge >= 0.3 is 0 Å². The monoisotopic (exact) mass is 407 g/mol. The Bertz CT molecular complexity index is 966. The van der Waals surface area contributed by atoms with Gasteiger partial charge in [-0.25, -0.2) is 8.42 Å². The van der Waals surface area contributed by atoms with Crippen molar-refractivity contribution < 1.29 is 8.42 Å². The van der Waals surface area contributed by atoms with Gasteiger partial charge in [-0.05, 0) is 49.1 Å². The fourth-order valence-corrected chi connectivity index (χ4v) is 5.76. The maximum absolute atomic E-state index is 10.9. The minimum absolute atomic E-state index is 0.183. The standard InChI is InChI=1S/C18H22ClN5O2S/c1-22-7-12-4-14(19)2-3-15(12)24-16(8-22)20-21-17(24)13-5-18(6-13)9-23(10-18)11-27(25)26/h2-4,13,27H,5-11H2,1H3. The molecule has 27 heavy (non-hydrogen) atoms. The second-order valence-electron chi connectivity index (χ2n) is 8.32. The molecule has 0 atom stereocenters. The molecule has 7 nitrogen and oxygen atoms in total. The summed E-state index contributed by atoms with van der Waals surface area (Å²) in [7, 11) is -0.246. The molecular formula is C18H22ClN5O2S. The van der Waals surface area contributed by atoms with Gasteiger partial charge in [0.1, 0.15) is 5.82 Å². The molecule has 2 fully saturated rings. The number of likely N-dealkylation sites (tertiary alicyclic amines) is 1. The highest BCUT2D eigenvalue weighted by atomic mass is 35.5. The summed E-state index contributed by atoms with van der Waals surface area (Å²) in [5.74, 6) is 2.56. The molecule has 9 heteroatoms. The fourth-order valence-electron chi connectivity index (χ4n) is 5.04. The fraction of sp³-hybridized carbons (Fsp3) is 0.556. The third kappa shape index (κ3) is 2.99. The van der Waals surface area contributed by atoms with Gasteiger partial charge in [0.15, 0.2) is 16.5 Å². The Kier molecular flexibility index (Phi) is 4.09. The number of fused-ring (bicyclic) bond motifs is 3. The van der Waals surface area contributed by atoms with Crippen molar-refractivity contribution >= 4 is 22.3 Å². The van der Waals surface area contributed by atoms with E-state index < -0.39 is 10.7 Å². The Balaban J connectivity index is 1.41. The highest BCUT2D eigenvalue weighted by Gasteiger charge is 2.54. The summed E-state index contributed by atoms with van der Waals surface area (Å²) >= 11 is 6.23. The van der Waals surface area contributed by atoms with Gasteiger partial charge in [-0.15, -0.1) is 10.2 Å². The number of hydrogen-bond acceptors (Lipinski definition) is 6. The topological polar surface area (TPSA) is 71.3 Å². The molecule has 3 aliphatic rings.